The highest BCUT2D eigenvalue weighted by Gasteiger charge is 2.26. The minimum atomic E-state index is -0.123. The Morgan fingerprint density at radius 1 is 1.57 bits per heavy atom. The van der Waals surface area contributed by atoms with Crippen LogP contribution < -0.4 is 0 Å². The maximum Gasteiger partial charge on any atom is 0.306 e. The fourth-order valence-corrected chi connectivity index (χ4v) is 3.51. The summed E-state index contributed by atoms with van der Waals surface area (Å²) in [5.74, 6) is -0.0979. The molecule has 3 rings (SSSR count). The molecule has 1 atom stereocenters. The molecule has 0 aliphatic carbocycles. The number of aromatic nitrogens is 2. The summed E-state index contributed by atoms with van der Waals surface area (Å²) in [7, 11) is 0. The van der Waals surface area contributed by atoms with Gasteiger partial charge in [-0.1, -0.05) is 6.92 Å². The van der Waals surface area contributed by atoms with Gasteiger partial charge in [-0.25, -0.2) is 4.98 Å². The predicted octanol–water partition coefficient (Wildman–Crippen LogP) is 3.94. The average molecular weight is 304 g/mol. The Morgan fingerprint density at radius 3 is 3.19 bits per heavy atom. The molecule has 2 aromatic heterocycles. The highest BCUT2D eigenvalue weighted by atomic mass is 32.2. The zero-order valence-electron chi connectivity index (χ0n) is 12.5. The first kappa shape index (κ1) is 14.4. The van der Waals surface area contributed by atoms with Gasteiger partial charge >= 0.3 is 5.97 Å². The Balaban J connectivity index is 1.99. The van der Waals surface area contributed by atoms with Crippen molar-refractivity contribution in [3.63, 3.8) is 0 Å². The molecular formula is C16H20N2O2S. The van der Waals surface area contributed by atoms with E-state index in [1.807, 2.05) is 19.2 Å². The molecular weight excluding hydrogens is 284 g/mol. The molecule has 0 spiro atoms. The molecule has 5 heteroatoms. The van der Waals surface area contributed by atoms with Crippen LogP contribution in [0.4, 0.5) is 0 Å². The smallest absolute Gasteiger partial charge is 0.306 e. The molecule has 1 aliphatic rings. The maximum absolute atomic E-state index is 11.8. The first-order chi connectivity index (χ1) is 10.2. The summed E-state index contributed by atoms with van der Waals surface area (Å²) < 4.78 is 7.88. The lowest BCUT2D eigenvalue weighted by Gasteiger charge is -2.24. The van der Waals surface area contributed by atoms with Crippen molar-refractivity contribution in [2.24, 2.45) is 0 Å². The molecule has 0 bridgehead atoms. The molecule has 0 saturated heterocycles. The third-order valence-electron chi connectivity index (χ3n) is 3.91. The van der Waals surface area contributed by atoms with E-state index in [-0.39, 0.29) is 12.1 Å². The molecule has 0 amide bonds. The van der Waals surface area contributed by atoms with E-state index in [1.165, 1.54) is 10.3 Å². The third-order valence-corrected chi connectivity index (χ3v) is 4.71. The van der Waals surface area contributed by atoms with E-state index in [0.717, 1.165) is 37.1 Å². The van der Waals surface area contributed by atoms with Crippen LogP contribution in [0.1, 0.15) is 44.4 Å². The predicted molar refractivity (Wildman–Crippen MR) is 84.5 cm³/mol. The Bertz CT molecular complexity index is 666. The number of thioether (sulfide) groups is 1. The van der Waals surface area contributed by atoms with E-state index >= 15 is 0 Å². The molecule has 3 heterocycles. The van der Waals surface area contributed by atoms with Crippen LogP contribution in [0.25, 0.3) is 11.0 Å². The van der Waals surface area contributed by atoms with Crippen molar-refractivity contribution in [1.29, 1.82) is 0 Å². The molecule has 112 valence electrons. The van der Waals surface area contributed by atoms with E-state index in [1.54, 1.807) is 11.8 Å². The van der Waals surface area contributed by atoms with Gasteiger partial charge in [0, 0.05) is 29.4 Å². The number of aryl methyl sites for hydroxylation is 1. The number of nitrogens with zero attached hydrogens (tertiary/aromatic N) is 2. The minimum absolute atomic E-state index is 0.0979. The zero-order valence-corrected chi connectivity index (χ0v) is 13.3. The number of esters is 1. The van der Waals surface area contributed by atoms with Crippen molar-refractivity contribution >= 4 is 28.8 Å². The summed E-state index contributed by atoms with van der Waals surface area (Å²) in [5, 5.41) is 1.17. The van der Waals surface area contributed by atoms with Crippen molar-refractivity contribution in [3.8, 4) is 0 Å². The van der Waals surface area contributed by atoms with Gasteiger partial charge in [-0.15, -0.1) is 11.8 Å². The molecule has 0 fully saturated rings. The Kier molecular flexibility index (Phi) is 4.19. The fourth-order valence-electron chi connectivity index (χ4n) is 2.95. The Labute approximate surface area is 128 Å². The van der Waals surface area contributed by atoms with E-state index in [4.69, 9.17) is 4.74 Å². The number of pyridine rings is 1. The van der Waals surface area contributed by atoms with Gasteiger partial charge in [0.15, 0.2) is 0 Å². The van der Waals surface area contributed by atoms with Crippen LogP contribution in [0.3, 0.4) is 0 Å². The standard InChI is InChI=1S/C16H20N2O2S/c1-3-5-15(19)20-13-6-4-9-18-12(13)10-11-14(21-2)7-8-17-16(11)18/h7-8,10,13H,3-6,9H2,1-2H3. The number of carbonyl (C=O) groups excluding carboxylic acids is 1. The summed E-state index contributed by atoms with van der Waals surface area (Å²) in [4.78, 5) is 17.6. The van der Waals surface area contributed by atoms with Gasteiger partial charge in [0.05, 0.1) is 5.69 Å². The lowest BCUT2D eigenvalue weighted by atomic mass is 10.1. The first-order valence-electron chi connectivity index (χ1n) is 7.46. The summed E-state index contributed by atoms with van der Waals surface area (Å²) >= 11 is 1.72. The fraction of sp³-hybridized carbons (Fsp3) is 0.500. The molecule has 4 nitrogen and oxygen atoms in total. The SMILES string of the molecule is CCCC(=O)OC1CCCn2c1cc1c(SC)ccnc12. The topological polar surface area (TPSA) is 44.1 Å². The zero-order chi connectivity index (χ0) is 14.8. The summed E-state index contributed by atoms with van der Waals surface area (Å²) in [5.41, 5.74) is 2.10. The highest BCUT2D eigenvalue weighted by molar-refractivity contribution is 7.98. The number of carbonyl (C=O) groups is 1. The minimum Gasteiger partial charge on any atom is -0.456 e. The largest absolute Gasteiger partial charge is 0.456 e. The molecule has 1 aliphatic heterocycles. The second-order valence-electron chi connectivity index (χ2n) is 5.34. The van der Waals surface area contributed by atoms with Crippen molar-refractivity contribution in [1.82, 2.24) is 9.55 Å². The number of ether oxygens (including phenoxy) is 1. The van der Waals surface area contributed by atoms with Crippen LogP contribution in [0.5, 0.6) is 0 Å². The molecule has 21 heavy (non-hydrogen) atoms. The number of fused-ring (bicyclic) bond motifs is 3. The van der Waals surface area contributed by atoms with Crippen molar-refractivity contribution < 1.29 is 9.53 Å². The second kappa shape index (κ2) is 6.10. The van der Waals surface area contributed by atoms with Crippen LogP contribution >= 0.6 is 11.8 Å². The van der Waals surface area contributed by atoms with Gasteiger partial charge in [-0.2, -0.15) is 0 Å². The Hall–Kier alpha value is -1.49. The van der Waals surface area contributed by atoms with Gasteiger partial charge in [-0.3, -0.25) is 4.79 Å². The number of hydrogen-bond donors (Lipinski definition) is 0. The normalized spacial score (nSPS) is 17.7. The second-order valence-corrected chi connectivity index (χ2v) is 6.19. The maximum atomic E-state index is 11.8. The molecule has 0 saturated carbocycles. The quantitative estimate of drug-likeness (QED) is 0.634. The number of hydrogen-bond acceptors (Lipinski definition) is 4. The van der Waals surface area contributed by atoms with E-state index in [0.29, 0.717) is 6.42 Å². The molecule has 0 radical (unpaired) electrons. The molecule has 1 unspecified atom stereocenters. The van der Waals surface area contributed by atoms with Gasteiger partial charge in [-0.05, 0) is 37.7 Å². The van der Waals surface area contributed by atoms with Crippen LogP contribution in [-0.4, -0.2) is 21.8 Å². The lowest BCUT2D eigenvalue weighted by molar-refractivity contribution is -0.150. The Morgan fingerprint density at radius 2 is 2.43 bits per heavy atom. The summed E-state index contributed by atoms with van der Waals surface area (Å²) in [6.45, 7) is 2.94. The van der Waals surface area contributed by atoms with Crippen LogP contribution in [0.2, 0.25) is 0 Å². The summed E-state index contributed by atoms with van der Waals surface area (Å²) in [6.07, 6.45) is 7.05. The van der Waals surface area contributed by atoms with E-state index in [2.05, 4.69) is 21.9 Å². The van der Waals surface area contributed by atoms with E-state index in [9.17, 15) is 4.79 Å². The average Bonchev–Trinajstić information content (AvgIpc) is 2.87. The molecule has 0 N–H and O–H groups in total. The molecule has 2 aromatic rings. The van der Waals surface area contributed by atoms with Gasteiger partial charge < -0.3 is 9.30 Å². The monoisotopic (exact) mass is 304 g/mol. The van der Waals surface area contributed by atoms with E-state index < -0.39 is 0 Å². The molecule has 0 aromatic carbocycles. The van der Waals surface area contributed by atoms with Gasteiger partial charge in [0.2, 0.25) is 0 Å². The van der Waals surface area contributed by atoms with Crippen molar-refractivity contribution in [2.75, 3.05) is 6.26 Å². The van der Waals surface area contributed by atoms with Gasteiger partial charge in [0.25, 0.3) is 0 Å². The number of rotatable bonds is 4. The third kappa shape index (κ3) is 2.67. The highest BCUT2D eigenvalue weighted by Crippen LogP contribution is 2.36. The first-order valence-corrected chi connectivity index (χ1v) is 8.68. The van der Waals surface area contributed by atoms with Crippen LogP contribution in [0.15, 0.2) is 23.2 Å². The van der Waals surface area contributed by atoms with Crippen molar-refractivity contribution in [3.05, 3.63) is 24.0 Å². The van der Waals surface area contributed by atoms with Crippen LogP contribution in [0, 0.1) is 0 Å². The van der Waals surface area contributed by atoms with Crippen molar-refractivity contribution in [2.45, 2.75) is 50.2 Å². The summed E-state index contributed by atoms with van der Waals surface area (Å²) in [6, 6.07) is 4.19. The van der Waals surface area contributed by atoms with Crippen LogP contribution in [-0.2, 0) is 16.1 Å². The lowest BCUT2D eigenvalue weighted by Crippen LogP contribution is -2.20. The van der Waals surface area contributed by atoms with Gasteiger partial charge in [0.1, 0.15) is 11.8 Å².